The number of aromatic nitrogens is 4. The minimum Gasteiger partial charge on any atom is -0.370 e. The fourth-order valence-electron chi connectivity index (χ4n) is 1.49. The van der Waals surface area contributed by atoms with E-state index in [4.69, 9.17) is 0 Å². The predicted molar refractivity (Wildman–Crippen MR) is 62.2 cm³/mol. The van der Waals surface area contributed by atoms with Crippen LogP contribution in [0.3, 0.4) is 0 Å². The van der Waals surface area contributed by atoms with Crippen molar-refractivity contribution in [3.05, 3.63) is 36.0 Å². The van der Waals surface area contributed by atoms with Crippen molar-refractivity contribution >= 4 is 5.82 Å². The smallest absolute Gasteiger partial charge is 0.129 e. The second kappa shape index (κ2) is 4.74. The Kier molecular flexibility index (Phi) is 3.14. The molecule has 0 aliphatic heterocycles. The number of rotatable bonds is 4. The quantitative estimate of drug-likeness (QED) is 0.835. The summed E-state index contributed by atoms with van der Waals surface area (Å²) in [6.07, 6.45) is 6.60. The highest BCUT2D eigenvalue weighted by atomic mass is 15.2. The van der Waals surface area contributed by atoms with Gasteiger partial charge in [-0.25, -0.2) is 9.97 Å². The van der Waals surface area contributed by atoms with E-state index in [-0.39, 0.29) is 0 Å². The third-order valence-electron chi connectivity index (χ3n) is 2.25. The van der Waals surface area contributed by atoms with Crippen LogP contribution in [0.4, 0.5) is 5.82 Å². The predicted octanol–water partition coefficient (Wildman–Crippen LogP) is 1.17. The minimum atomic E-state index is 0.784. The summed E-state index contributed by atoms with van der Waals surface area (Å²) in [4.78, 5) is 8.31. The molecule has 0 radical (unpaired) electrons. The minimum absolute atomic E-state index is 0.784. The van der Waals surface area contributed by atoms with Gasteiger partial charge in [0.05, 0.1) is 6.20 Å². The first-order valence-electron chi connectivity index (χ1n) is 5.25. The van der Waals surface area contributed by atoms with Gasteiger partial charge >= 0.3 is 0 Å². The lowest BCUT2D eigenvalue weighted by atomic mass is 10.2. The van der Waals surface area contributed by atoms with Gasteiger partial charge in [0.25, 0.3) is 0 Å². The van der Waals surface area contributed by atoms with E-state index >= 15 is 0 Å². The van der Waals surface area contributed by atoms with Gasteiger partial charge in [-0.05, 0) is 25.0 Å². The molecule has 2 aromatic rings. The zero-order chi connectivity index (χ0) is 11.4. The van der Waals surface area contributed by atoms with E-state index in [1.807, 2.05) is 37.1 Å². The highest BCUT2D eigenvalue weighted by Gasteiger charge is 1.97. The van der Waals surface area contributed by atoms with Crippen molar-refractivity contribution in [2.75, 3.05) is 11.9 Å². The molecule has 0 fully saturated rings. The van der Waals surface area contributed by atoms with Gasteiger partial charge in [-0.15, -0.1) is 0 Å². The first-order valence-corrected chi connectivity index (χ1v) is 5.25. The summed E-state index contributed by atoms with van der Waals surface area (Å²) < 4.78 is 1.81. The Morgan fingerprint density at radius 3 is 3.00 bits per heavy atom. The van der Waals surface area contributed by atoms with Crippen LogP contribution in [0, 0.1) is 6.92 Å². The third kappa shape index (κ3) is 2.79. The van der Waals surface area contributed by atoms with Gasteiger partial charge in [0.15, 0.2) is 0 Å². The van der Waals surface area contributed by atoms with E-state index in [0.717, 1.165) is 24.6 Å². The first-order chi connectivity index (χ1) is 7.74. The Bertz CT molecular complexity index is 463. The zero-order valence-electron chi connectivity index (χ0n) is 9.51. The lowest BCUT2D eigenvalue weighted by molar-refractivity contribution is 0.767. The van der Waals surface area contributed by atoms with Crippen molar-refractivity contribution in [1.82, 2.24) is 19.7 Å². The average Bonchev–Trinajstić information content (AvgIpc) is 2.64. The molecule has 2 rings (SSSR count). The molecule has 2 aromatic heterocycles. The Morgan fingerprint density at radius 1 is 1.44 bits per heavy atom. The van der Waals surface area contributed by atoms with Crippen molar-refractivity contribution in [3.8, 4) is 0 Å². The van der Waals surface area contributed by atoms with Gasteiger partial charge in [0, 0.05) is 26.0 Å². The Hall–Kier alpha value is -1.91. The van der Waals surface area contributed by atoms with Crippen LogP contribution in [0.1, 0.15) is 11.4 Å². The molecule has 5 heteroatoms. The lowest BCUT2D eigenvalue weighted by Crippen LogP contribution is -2.06. The van der Waals surface area contributed by atoms with Crippen LogP contribution < -0.4 is 5.32 Å². The van der Waals surface area contributed by atoms with Crippen LogP contribution in [-0.2, 0) is 13.5 Å². The van der Waals surface area contributed by atoms with Gasteiger partial charge in [0.1, 0.15) is 11.6 Å². The van der Waals surface area contributed by atoms with Gasteiger partial charge in [-0.1, -0.05) is 0 Å². The van der Waals surface area contributed by atoms with Crippen molar-refractivity contribution in [2.24, 2.45) is 7.05 Å². The summed E-state index contributed by atoms with van der Waals surface area (Å²) in [5, 5.41) is 7.37. The SMILES string of the molecule is Cc1nccc(NCCc2cnn(C)c2)n1. The zero-order valence-corrected chi connectivity index (χ0v) is 9.51. The molecule has 0 aliphatic rings. The number of anilines is 1. The maximum absolute atomic E-state index is 4.27. The maximum Gasteiger partial charge on any atom is 0.129 e. The van der Waals surface area contributed by atoms with E-state index < -0.39 is 0 Å². The van der Waals surface area contributed by atoms with Crippen LogP contribution in [0.15, 0.2) is 24.7 Å². The lowest BCUT2D eigenvalue weighted by Gasteiger charge is -2.04. The summed E-state index contributed by atoms with van der Waals surface area (Å²) in [6.45, 7) is 2.73. The molecule has 0 saturated carbocycles. The molecular weight excluding hydrogens is 202 g/mol. The molecule has 0 bridgehead atoms. The molecule has 0 aliphatic carbocycles. The maximum atomic E-state index is 4.27. The van der Waals surface area contributed by atoms with Crippen molar-refractivity contribution in [2.45, 2.75) is 13.3 Å². The largest absolute Gasteiger partial charge is 0.370 e. The second-order valence-electron chi connectivity index (χ2n) is 3.69. The summed E-state index contributed by atoms with van der Waals surface area (Å²) in [6, 6.07) is 1.87. The van der Waals surface area contributed by atoms with Crippen LogP contribution in [0.25, 0.3) is 0 Å². The number of aryl methyl sites for hydroxylation is 2. The summed E-state index contributed by atoms with van der Waals surface area (Å²) in [5.74, 6) is 1.66. The van der Waals surface area contributed by atoms with Crippen LogP contribution in [0.2, 0.25) is 0 Å². The number of hydrogen-bond acceptors (Lipinski definition) is 4. The molecule has 1 N–H and O–H groups in total. The van der Waals surface area contributed by atoms with E-state index in [9.17, 15) is 0 Å². The van der Waals surface area contributed by atoms with Crippen LogP contribution in [-0.4, -0.2) is 26.3 Å². The van der Waals surface area contributed by atoms with Crippen molar-refractivity contribution in [3.63, 3.8) is 0 Å². The van der Waals surface area contributed by atoms with Gasteiger partial charge in [-0.2, -0.15) is 5.10 Å². The Labute approximate surface area is 94.5 Å². The molecule has 0 amide bonds. The second-order valence-corrected chi connectivity index (χ2v) is 3.69. The molecule has 0 atom stereocenters. The monoisotopic (exact) mass is 217 g/mol. The molecule has 0 saturated heterocycles. The summed E-state index contributed by atoms with van der Waals surface area (Å²) >= 11 is 0. The van der Waals surface area contributed by atoms with Gasteiger partial charge in [0.2, 0.25) is 0 Å². The highest BCUT2D eigenvalue weighted by molar-refractivity contribution is 5.32. The van der Waals surface area contributed by atoms with Crippen LogP contribution in [0.5, 0.6) is 0 Å². The number of nitrogens with one attached hydrogen (secondary N) is 1. The molecule has 0 unspecified atom stereocenters. The first kappa shape index (κ1) is 10.6. The molecule has 16 heavy (non-hydrogen) atoms. The van der Waals surface area contributed by atoms with Gasteiger partial charge < -0.3 is 5.32 Å². The third-order valence-corrected chi connectivity index (χ3v) is 2.25. The van der Waals surface area contributed by atoms with E-state index in [1.165, 1.54) is 5.56 Å². The molecule has 84 valence electrons. The molecule has 0 aromatic carbocycles. The van der Waals surface area contributed by atoms with Crippen LogP contribution >= 0.6 is 0 Å². The Morgan fingerprint density at radius 2 is 2.31 bits per heavy atom. The molecule has 5 nitrogen and oxygen atoms in total. The fourth-order valence-corrected chi connectivity index (χ4v) is 1.49. The number of nitrogens with zero attached hydrogens (tertiary/aromatic N) is 4. The summed E-state index contributed by atoms with van der Waals surface area (Å²) in [7, 11) is 1.92. The van der Waals surface area contributed by atoms with E-state index in [2.05, 4.69) is 20.4 Å². The normalized spacial score (nSPS) is 10.4. The highest BCUT2D eigenvalue weighted by Crippen LogP contribution is 2.02. The topological polar surface area (TPSA) is 55.6 Å². The van der Waals surface area contributed by atoms with Crippen molar-refractivity contribution in [1.29, 1.82) is 0 Å². The number of hydrogen-bond donors (Lipinski definition) is 1. The van der Waals surface area contributed by atoms with Gasteiger partial charge in [-0.3, -0.25) is 4.68 Å². The standard InChI is InChI=1S/C11H15N5/c1-9-12-6-4-11(15-9)13-5-3-10-7-14-16(2)8-10/h4,6-8H,3,5H2,1-2H3,(H,12,13,15). The van der Waals surface area contributed by atoms with E-state index in [1.54, 1.807) is 6.20 Å². The average molecular weight is 217 g/mol. The summed E-state index contributed by atoms with van der Waals surface area (Å²) in [5.41, 5.74) is 1.22. The van der Waals surface area contributed by atoms with E-state index in [0.29, 0.717) is 0 Å². The molecule has 0 spiro atoms. The molecule has 2 heterocycles. The molecular formula is C11H15N5. The fraction of sp³-hybridized carbons (Fsp3) is 0.364. The van der Waals surface area contributed by atoms with Crippen molar-refractivity contribution < 1.29 is 0 Å². The Balaban J connectivity index is 1.84.